The molecule has 216 valence electrons. The monoisotopic (exact) mass is 565 g/mol. The molecule has 40 heavy (non-hydrogen) atoms. The van der Waals surface area contributed by atoms with Gasteiger partial charge in [0, 0.05) is 23.7 Å². The standard InChI is InChI=1S/C24H30F3N9O4/c1-12(2)10-28-14-3-5-15(6-4-14)30-21-32-18-13(11-29-35(18)22(34-21)31-16-7-8-16)9-17-19(37)33-23(39)36(17)40-20(38)24(25,26)27/h9,11-12,14-16,28H,3-8,10H2,1-2H3,(H,33,37,39)(H2,30,31,32,34)/b17-9+. The third kappa shape index (κ3) is 6.26. The van der Waals surface area contributed by atoms with Gasteiger partial charge in [0.05, 0.1) is 6.20 Å². The molecule has 4 N–H and O–H groups in total. The van der Waals surface area contributed by atoms with Crippen LogP contribution in [0.3, 0.4) is 0 Å². The molecule has 2 aromatic heterocycles. The Morgan fingerprint density at radius 2 is 1.75 bits per heavy atom. The Morgan fingerprint density at radius 3 is 2.40 bits per heavy atom. The largest absolute Gasteiger partial charge is 0.493 e. The van der Waals surface area contributed by atoms with E-state index in [0.29, 0.717) is 23.9 Å². The van der Waals surface area contributed by atoms with Crippen molar-refractivity contribution in [3.05, 3.63) is 17.5 Å². The van der Waals surface area contributed by atoms with Gasteiger partial charge >= 0.3 is 18.2 Å². The van der Waals surface area contributed by atoms with Crippen molar-refractivity contribution in [2.75, 3.05) is 17.2 Å². The molecule has 0 unspecified atom stereocenters. The number of nitrogens with one attached hydrogen (secondary N) is 4. The van der Waals surface area contributed by atoms with Crippen LogP contribution in [0.15, 0.2) is 11.9 Å². The normalized spacial score (nSPS) is 22.8. The highest BCUT2D eigenvalue weighted by atomic mass is 19.4. The molecule has 0 radical (unpaired) electrons. The van der Waals surface area contributed by atoms with Crippen LogP contribution in [0, 0.1) is 5.92 Å². The van der Waals surface area contributed by atoms with Gasteiger partial charge in [-0.05, 0) is 57.1 Å². The minimum atomic E-state index is -5.37. The summed E-state index contributed by atoms with van der Waals surface area (Å²) in [6.07, 6.45) is 2.77. The molecular weight excluding hydrogens is 535 g/mol. The van der Waals surface area contributed by atoms with E-state index in [1.54, 1.807) is 0 Å². The summed E-state index contributed by atoms with van der Waals surface area (Å²) in [7, 11) is 0. The Labute approximate surface area is 226 Å². The molecule has 2 aliphatic carbocycles. The zero-order valence-electron chi connectivity index (χ0n) is 21.9. The van der Waals surface area contributed by atoms with Crippen LogP contribution in [0.2, 0.25) is 0 Å². The quantitative estimate of drug-likeness (QED) is 0.263. The van der Waals surface area contributed by atoms with E-state index in [0.717, 1.165) is 51.1 Å². The number of alkyl halides is 3. The van der Waals surface area contributed by atoms with Gasteiger partial charge in [0.25, 0.3) is 5.91 Å². The number of hydroxylamine groups is 2. The number of urea groups is 1. The van der Waals surface area contributed by atoms with Crippen molar-refractivity contribution < 1.29 is 32.4 Å². The fourth-order valence-electron chi connectivity index (χ4n) is 4.50. The average molecular weight is 566 g/mol. The number of carbonyl (C=O) groups excluding carboxylic acids is 3. The van der Waals surface area contributed by atoms with Gasteiger partial charge in [0.1, 0.15) is 0 Å². The lowest BCUT2D eigenvalue weighted by Gasteiger charge is -2.30. The van der Waals surface area contributed by atoms with Crippen LogP contribution in [0.5, 0.6) is 0 Å². The Morgan fingerprint density at radius 1 is 1.10 bits per heavy atom. The van der Waals surface area contributed by atoms with Gasteiger partial charge in [0.2, 0.25) is 11.9 Å². The average Bonchev–Trinajstić information content (AvgIpc) is 3.55. The van der Waals surface area contributed by atoms with E-state index >= 15 is 0 Å². The summed E-state index contributed by atoms with van der Waals surface area (Å²) in [5, 5.41) is 16.3. The summed E-state index contributed by atoms with van der Waals surface area (Å²) < 4.78 is 39.6. The number of fused-ring (bicyclic) bond motifs is 1. The lowest BCUT2D eigenvalue weighted by Crippen LogP contribution is -2.38. The zero-order chi connectivity index (χ0) is 28.6. The molecule has 0 aromatic carbocycles. The summed E-state index contributed by atoms with van der Waals surface area (Å²) in [6, 6.07) is -0.529. The van der Waals surface area contributed by atoms with Crippen molar-refractivity contribution in [3.8, 4) is 0 Å². The number of halogens is 3. The topological polar surface area (TPSA) is 155 Å². The molecule has 1 saturated heterocycles. The van der Waals surface area contributed by atoms with E-state index < -0.39 is 29.8 Å². The Balaban J connectivity index is 1.40. The van der Waals surface area contributed by atoms with E-state index in [2.05, 4.69) is 49.7 Å². The fraction of sp³-hybridized carbons (Fsp3) is 0.583. The first-order valence-corrected chi connectivity index (χ1v) is 13.2. The molecule has 0 atom stereocenters. The van der Waals surface area contributed by atoms with Crippen LogP contribution < -0.4 is 21.3 Å². The number of aromatic nitrogens is 4. The molecule has 2 saturated carbocycles. The Kier molecular flexibility index (Phi) is 7.53. The maximum Gasteiger partial charge on any atom is 0.493 e. The number of nitrogens with zero attached hydrogens (tertiary/aromatic N) is 5. The first kappa shape index (κ1) is 27.6. The zero-order valence-corrected chi connectivity index (χ0v) is 21.9. The second kappa shape index (κ2) is 10.9. The number of hydrogen-bond acceptors (Lipinski definition) is 10. The van der Waals surface area contributed by atoms with Crippen LogP contribution in [0.1, 0.15) is 57.9 Å². The summed E-state index contributed by atoms with van der Waals surface area (Å²) in [5.41, 5.74) is -0.206. The smallest absolute Gasteiger partial charge is 0.351 e. The highest BCUT2D eigenvalue weighted by Gasteiger charge is 2.46. The molecule has 5 rings (SSSR count). The summed E-state index contributed by atoms with van der Waals surface area (Å²) >= 11 is 0. The number of amides is 3. The van der Waals surface area contributed by atoms with Crippen molar-refractivity contribution in [1.29, 1.82) is 0 Å². The molecule has 2 aromatic rings. The first-order valence-electron chi connectivity index (χ1n) is 13.2. The van der Waals surface area contributed by atoms with Crippen molar-refractivity contribution in [2.24, 2.45) is 5.92 Å². The number of carbonyl (C=O) groups is 3. The second-order valence-corrected chi connectivity index (χ2v) is 10.6. The molecule has 1 aliphatic heterocycles. The minimum Gasteiger partial charge on any atom is -0.351 e. The first-order chi connectivity index (χ1) is 19.0. The number of rotatable bonds is 9. The number of imide groups is 1. The molecule has 16 heteroatoms. The van der Waals surface area contributed by atoms with Crippen molar-refractivity contribution in [2.45, 2.75) is 76.7 Å². The van der Waals surface area contributed by atoms with E-state index in [1.807, 2.05) is 5.32 Å². The highest BCUT2D eigenvalue weighted by Crippen LogP contribution is 2.28. The van der Waals surface area contributed by atoms with Gasteiger partial charge < -0.3 is 20.8 Å². The van der Waals surface area contributed by atoms with Crippen LogP contribution >= 0.6 is 0 Å². The summed E-state index contributed by atoms with van der Waals surface area (Å²) in [5.74, 6) is -2.40. The maximum atomic E-state index is 12.7. The Bertz CT molecular complexity index is 1330. The van der Waals surface area contributed by atoms with Crippen molar-refractivity contribution in [1.82, 2.24) is 35.3 Å². The van der Waals surface area contributed by atoms with E-state index in [9.17, 15) is 27.6 Å². The molecule has 0 bridgehead atoms. The van der Waals surface area contributed by atoms with Crippen LogP contribution in [-0.4, -0.2) is 73.4 Å². The van der Waals surface area contributed by atoms with Crippen LogP contribution in [0.25, 0.3) is 11.7 Å². The van der Waals surface area contributed by atoms with Gasteiger partial charge in [-0.25, -0.2) is 9.59 Å². The molecule has 3 amide bonds. The van der Waals surface area contributed by atoms with Crippen molar-refractivity contribution in [3.63, 3.8) is 0 Å². The molecule has 3 aliphatic rings. The Hall–Kier alpha value is -3.95. The third-order valence-corrected chi connectivity index (χ3v) is 6.74. The summed E-state index contributed by atoms with van der Waals surface area (Å²) in [6.45, 7) is 5.31. The summed E-state index contributed by atoms with van der Waals surface area (Å²) in [4.78, 5) is 49.0. The third-order valence-electron chi connectivity index (χ3n) is 6.74. The molecular formula is C24H30F3N9O4. The van der Waals surface area contributed by atoms with E-state index in [1.165, 1.54) is 10.7 Å². The SMILES string of the molecule is CC(C)CNC1CCC(Nc2nc(NC3CC3)n3ncc(/C=C4\C(=O)NC(=O)N4OC(=O)C(F)(F)F)c3n2)CC1. The molecule has 3 heterocycles. The van der Waals surface area contributed by atoms with Gasteiger partial charge in [-0.15, -0.1) is 5.06 Å². The van der Waals surface area contributed by atoms with E-state index in [-0.39, 0.29) is 28.4 Å². The lowest BCUT2D eigenvalue weighted by atomic mass is 9.91. The van der Waals surface area contributed by atoms with Gasteiger partial charge in [-0.3, -0.25) is 10.1 Å². The predicted octanol–water partition coefficient (Wildman–Crippen LogP) is 2.58. The van der Waals surface area contributed by atoms with Gasteiger partial charge in [-0.1, -0.05) is 13.8 Å². The van der Waals surface area contributed by atoms with Gasteiger partial charge in [-0.2, -0.15) is 32.8 Å². The van der Waals surface area contributed by atoms with Crippen molar-refractivity contribution >= 4 is 41.5 Å². The number of anilines is 2. The fourth-order valence-corrected chi connectivity index (χ4v) is 4.50. The van der Waals surface area contributed by atoms with Gasteiger partial charge in [0.15, 0.2) is 11.3 Å². The maximum absolute atomic E-state index is 12.7. The van der Waals surface area contributed by atoms with E-state index in [4.69, 9.17) is 0 Å². The van der Waals surface area contributed by atoms with Crippen LogP contribution in [0.4, 0.5) is 29.9 Å². The molecule has 0 spiro atoms. The predicted molar refractivity (Wildman–Crippen MR) is 135 cm³/mol. The second-order valence-electron chi connectivity index (χ2n) is 10.6. The molecule has 13 nitrogen and oxygen atoms in total. The van der Waals surface area contributed by atoms with Crippen LogP contribution in [-0.2, 0) is 14.4 Å². The minimum absolute atomic E-state index is 0.0306. The molecule has 3 fully saturated rings. The number of hydrogen-bond donors (Lipinski definition) is 4. The lowest BCUT2D eigenvalue weighted by molar-refractivity contribution is -0.221. The highest BCUT2D eigenvalue weighted by molar-refractivity contribution is 6.14.